The van der Waals surface area contributed by atoms with Crippen LogP contribution < -0.4 is 5.32 Å². The third-order valence-electron chi connectivity index (χ3n) is 3.87. The minimum atomic E-state index is -0.582. The maximum atomic E-state index is 12.1. The van der Waals surface area contributed by atoms with Crippen LogP contribution in [0.15, 0.2) is 30.3 Å². The van der Waals surface area contributed by atoms with Gasteiger partial charge in [-0.15, -0.1) is 0 Å². The molecule has 21 heavy (non-hydrogen) atoms. The Bertz CT molecular complexity index is 534. The number of amides is 2. The van der Waals surface area contributed by atoms with Gasteiger partial charge in [-0.3, -0.25) is 0 Å². The summed E-state index contributed by atoms with van der Waals surface area (Å²) < 4.78 is 10.7. The van der Waals surface area contributed by atoms with Crippen molar-refractivity contribution in [3.05, 3.63) is 35.9 Å². The minimum absolute atomic E-state index is 0.251. The zero-order chi connectivity index (χ0) is 14.7. The van der Waals surface area contributed by atoms with Gasteiger partial charge in [-0.1, -0.05) is 30.3 Å². The van der Waals surface area contributed by atoms with Crippen LogP contribution in [0, 0.1) is 0 Å². The molecule has 2 aliphatic rings. The molecule has 112 valence electrons. The van der Waals surface area contributed by atoms with Gasteiger partial charge in [-0.25, -0.2) is 9.59 Å². The van der Waals surface area contributed by atoms with E-state index in [2.05, 4.69) is 5.32 Å². The highest BCUT2D eigenvalue weighted by atomic mass is 16.6. The molecule has 1 N–H and O–H groups in total. The second-order valence-corrected chi connectivity index (χ2v) is 5.49. The summed E-state index contributed by atoms with van der Waals surface area (Å²) in [7, 11) is 0. The van der Waals surface area contributed by atoms with Crippen LogP contribution in [-0.2, 0) is 16.1 Å². The van der Waals surface area contributed by atoms with Gasteiger partial charge in [0, 0.05) is 6.54 Å². The lowest BCUT2D eigenvalue weighted by Crippen LogP contribution is -2.52. The van der Waals surface area contributed by atoms with Crippen molar-refractivity contribution < 1.29 is 19.1 Å². The van der Waals surface area contributed by atoms with E-state index in [9.17, 15) is 9.59 Å². The average molecular weight is 290 g/mol. The van der Waals surface area contributed by atoms with Gasteiger partial charge in [0.1, 0.15) is 12.2 Å². The molecule has 2 heterocycles. The van der Waals surface area contributed by atoms with Crippen molar-refractivity contribution in [2.75, 3.05) is 19.6 Å². The normalized spacial score (nSPS) is 24.6. The topological polar surface area (TPSA) is 67.9 Å². The molecule has 2 aliphatic heterocycles. The fraction of sp³-hybridized carbons (Fsp3) is 0.467. The number of carbonyl (C=O) groups is 2. The molecule has 1 aromatic rings. The first kappa shape index (κ1) is 13.7. The maximum Gasteiger partial charge on any atom is 0.410 e. The van der Waals surface area contributed by atoms with Crippen molar-refractivity contribution in [2.45, 2.75) is 25.0 Å². The SMILES string of the molecule is O=C1NC[C@@]2(CCCN(C(=O)OCc3ccccc3)C2)O1. The quantitative estimate of drug-likeness (QED) is 0.903. The summed E-state index contributed by atoms with van der Waals surface area (Å²) in [6.45, 7) is 1.72. The van der Waals surface area contributed by atoms with Crippen molar-refractivity contribution in [1.29, 1.82) is 0 Å². The molecule has 2 fully saturated rings. The fourth-order valence-electron chi connectivity index (χ4n) is 2.79. The van der Waals surface area contributed by atoms with E-state index in [4.69, 9.17) is 9.47 Å². The number of likely N-dealkylation sites (tertiary alicyclic amines) is 1. The highest BCUT2D eigenvalue weighted by Crippen LogP contribution is 2.28. The summed E-state index contributed by atoms with van der Waals surface area (Å²) in [4.78, 5) is 25.0. The molecular weight excluding hydrogens is 272 g/mol. The van der Waals surface area contributed by atoms with Gasteiger partial charge in [-0.05, 0) is 18.4 Å². The van der Waals surface area contributed by atoms with Crippen LogP contribution in [-0.4, -0.2) is 42.3 Å². The van der Waals surface area contributed by atoms with E-state index in [1.54, 1.807) is 4.90 Å². The van der Waals surface area contributed by atoms with Gasteiger partial charge in [0.05, 0.1) is 13.1 Å². The summed E-state index contributed by atoms with van der Waals surface area (Å²) in [6.07, 6.45) is 0.805. The second kappa shape index (κ2) is 5.63. The number of nitrogens with zero attached hydrogens (tertiary/aromatic N) is 1. The summed E-state index contributed by atoms with van der Waals surface area (Å²) in [5, 5.41) is 2.66. The zero-order valence-corrected chi connectivity index (χ0v) is 11.7. The van der Waals surface area contributed by atoms with Gasteiger partial charge in [0.25, 0.3) is 0 Å². The minimum Gasteiger partial charge on any atom is -0.445 e. The predicted octanol–water partition coefficient (Wildman–Crippen LogP) is 1.90. The van der Waals surface area contributed by atoms with E-state index in [0.29, 0.717) is 19.6 Å². The smallest absolute Gasteiger partial charge is 0.410 e. The molecule has 2 saturated heterocycles. The predicted molar refractivity (Wildman–Crippen MR) is 74.6 cm³/mol. The molecular formula is C15H18N2O4. The van der Waals surface area contributed by atoms with Crippen LogP contribution >= 0.6 is 0 Å². The first-order chi connectivity index (χ1) is 10.2. The van der Waals surface area contributed by atoms with Crippen molar-refractivity contribution in [3.8, 4) is 0 Å². The molecule has 1 atom stereocenters. The Morgan fingerprint density at radius 3 is 2.90 bits per heavy atom. The number of alkyl carbamates (subject to hydrolysis) is 1. The molecule has 0 saturated carbocycles. The molecule has 1 spiro atoms. The lowest BCUT2D eigenvalue weighted by Gasteiger charge is -2.37. The van der Waals surface area contributed by atoms with Crippen molar-refractivity contribution in [2.24, 2.45) is 0 Å². The number of ether oxygens (including phenoxy) is 2. The fourth-order valence-corrected chi connectivity index (χ4v) is 2.79. The van der Waals surface area contributed by atoms with E-state index in [1.807, 2.05) is 30.3 Å². The third-order valence-corrected chi connectivity index (χ3v) is 3.87. The van der Waals surface area contributed by atoms with Crippen LogP contribution in [0.3, 0.4) is 0 Å². The first-order valence-electron chi connectivity index (χ1n) is 7.09. The largest absolute Gasteiger partial charge is 0.445 e. The zero-order valence-electron chi connectivity index (χ0n) is 11.7. The van der Waals surface area contributed by atoms with E-state index < -0.39 is 11.7 Å². The van der Waals surface area contributed by atoms with Gasteiger partial charge in [-0.2, -0.15) is 0 Å². The highest BCUT2D eigenvalue weighted by Gasteiger charge is 2.45. The van der Waals surface area contributed by atoms with Gasteiger partial charge < -0.3 is 19.7 Å². The molecule has 0 aromatic heterocycles. The Morgan fingerprint density at radius 1 is 1.38 bits per heavy atom. The first-order valence-corrected chi connectivity index (χ1v) is 7.09. The monoisotopic (exact) mass is 290 g/mol. The molecule has 0 bridgehead atoms. The number of hydrogen-bond acceptors (Lipinski definition) is 4. The Morgan fingerprint density at radius 2 is 2.19 bits per heavy atom. The second-order valence-electron chi connectivity index (χ2n) is 5.49. The van der Waals surface area contributed by atoms with E-state index in [0.717, 1.165) is 18.4 Å². The summed E-state index contributed by atoms with van der Waals surface area (Å²) in [6, 6.07) is 9.55. The maximum absolute atomic E-state index is 12.1. The van der Waals surface area contributed by atoms with Crippen molar-refractivity contribution >= 4 is 12.2 Å². The lowest BCUT2D eigenvalue weighted by molar-refractivity contribution is -0.0109. The van der Waals surface area contributed by atoms with E-state index >= 15 is 0 Å². The summed E-state index contributed by atoms with van der Waals surface area (Å²) in [5.74, 6) is 0. The number of piperidine rings is 1. The number of rotatable bonds is 2. The Kier molecular flexibility index (Phi) is 3.68. The van der Waals surface area contributed by atoms with E-state index in [-0.39, 0.29) is 12.7 Å². The standard InChI is InChI=1S/C15H18N2O4/c18-13-16-10-15(21-13)7-4-8-17(11-15)14(19)20-9-12-5-2-1-3-6-12/h1-3,5-6H,4,7-11H2,(H,16,18)/t15-/m1/s1. The van der Waals surface area contributed by atoms with Gasteiger partial charge >= 0.3 is 12.2 Å². The third kappa shape index (κ3) is 3.09. The van der Waals surface area contributed by atoms with Crippen LogP contribution in [0.5, 0.6) is 0 Å². The molecule has 6 nitrogen and oxygen atoms in total. The van der Waals surface area contributed by atoms with Gasteiger partial charge in [0.15, 0.2) is 0 Å². The Balaban J connectivity index is 1.56. The number of carbonyl (C=O) groups excluding carboxylic acids is 2. The lowest BCUT2D eigenvalue weighted by atomic mass is 9.93. The number of nitrogens with one attached hydrogen (secondary N) is 1. The summed E-state index contributed by atoms with van der Waals surface area (Å²) in [5.41, 5.74) is 0.368. The molecule has 3 rings (SSSR count). The highest BCUT2D eigenvalue weighted by molar-refractivity contribution is 5.71. The number of benzene rings is 1. The summed E-state index contributed by atoms with van der Waals surface area (Å²) >= 11 is 0. The Hall–Kier alpha value is -2.24. The Labute approximate surface area is 123 Å². The molecule has 0 unspecified atom stereocenters. The molecule has 1 aromatic carbocycles. The van der Waals surface area contributed by atoms with Gasteiger partial charge in [0.2, 0.25) is 0 Å². The molecule has 0 radical (unpaired) electrons. The van der Waals surface area contributed by atoms with Crippen LogP contribution in [0.2, 0.25) is 0 Å². The van der Waals surface area contributed by atoms with E-state index in [1.165, 1.54) is 0 Å². The van der Waals surface area contributed by atoms with Crippen LogP contribution in [0.4, 0.5) is 9.59 Å². The van der Waals surface area contributed by atoms with Crippen LogP contribution in [0.25, 0.3) is 0 Å². The molecule has 0 aliphatic carbocycles. The average Bonchev–Trinajstić information content (AvgIpc) is 2.86. The molecule has 2 amide bonds. The number of hydrogen-bond donors (Lipinski definition) is 1. The molecule has 6 heteroatoms. The van der Waals surface area contributed by atoms with Crippen LogP contribution in [0.1, 0.15) is 18.4 Å². The van der Waals surface area contributed by atoms with Crippen molar-refractivity contribution in [1.82, 2.24) is 10.2 Å². The van der Waals surface area contributed by atoms with Crippen molar-refractivity contribution in [3.63, 3.8) is 0 Å².